The first-order valence-electron chi connectivity index (χ1n) is 12.0. The SMILES string of the molecule is CCCC12CC(OC1=O)C1C(CC=C3CC4(CCC31C)OCCO4)C2(O)/C=C/OCC. The maximum Gasteiger partial charge on any atom is 0.315 e. The number of hydrogen-bond acceptors (Lipinski definition) is 6. The number of ether oxygens (including phenoxy) is 4. The van der Waals surface area contributed by atoms with Crippen molar-refractivity contribution in [1.29, 1.82) is 0 Å². The van der Waals surface area contributed by atoms with Crippen LogP contribution in [0.15, 0.2) is 24.0 Å². The summed E-state index contributed by atoms with van der Waals surface area (Å²) in [5.41, 5.74) is -0.988. The number of fused-ring (bicyclic) bond motifs is 6. The molecule has 4 fully saturated rings. The van der Waals surface area contributed by atoms with Crippen molar-refractivity contribution >= 4 is 5.97 Å². The normalized spacial score (nSPS) is 45.4. The number of aliphatic hydroxyl groups is 1. The Balaban J connectivity index is 1.57. The average Bonchev–Trinajstić information content (AvgIpc) is 3.31. The van der Waals surface area contributed by atoms with Crippen molar-refractivity contribution in [3.8, 4) is 0 Å². The molecule has 6 heteroatoms. The highest BCUT2D eigenvalue weighted by Crippen LogP contribution is 2.68. The molecule has 172 valence electrons. The molecule has 1 N–H and O–H groups in total. The summed E-state index contributed by atoms with van der Waals surface area (Å²) < 4.78 is 23.6. The summed E-state index contributed by atoms with van der Waals surface area (Å²) in [6, 6.07) is 0. The van der Waals surface area contributed by atoms with Crippen LogP contribution in [0.25, 0.3) is 0 Å². The van der Waals surface area contributed by atoms with Gasteiger partial charge in [0.2, 0.25) is 0 Å². The summed E-state index contributed by atoms with van der Waals surface area (Å²) in [5.74, 6) is -0.749. The molecule has 31 heavy (non-hydrogen) atoms. The van der Waals surface area contributed by atoms with Crippen molar-refractivity contribution in [3.05, 3.63) is 24.0 Å². The maximum absolute atomic E-state index is 13.3. The molecule has 1 spiro atoms. The van der Waals surface area contributed by atoms with Crippen LogP contribution in [0.4, 0.5) is 0 Å². The average molecular weight is 433 g/mol. The largest absolute Gasteiger partial charge is 0.502 e. The van der Waals surface area contributed by atoms with Crippen molar-refractivity contribution in [2.24, 2.45) is 22.7 Å². The summed E-state index contributed by atoms with van der Waals surface area (Å²) in [4.78, 5) is 13.3. The van der Waals surface area contributed by atoms with E-state index in [1.165, 1.54) is 5.57 Å². The first-order chi connectivity index (χ1) is 14.8. The predicted octanol–water partition coefficient (Wildman–Crippen LogP) is 3.88. The Morgan fingerprint density at radius 2 is 2.03 bits per heavy atom. The Morgan fingerprint density at radius 1 is 1.26 bits per heavy atom. The van der Waals surface area contributed by atoms with E-state index < -0.39 is 16.8 Å². The van der Waals surface area contributed by atoms with Crippen LogP contribution in [0.5, 0.6) is 0 Å². The van der Waals surface area contributed by atoms with Gasteiger partial charge in [-0.3, -0.25) is 4.79 Å². The van der Waals surface area contributed by atoms with Gasteiger partial charge in [0.05, 0.1) is 26.1 Å². The quantitative estimate of drug-likeness (QED) is 0.404. The van der Waals surface area contributed by atoms with E-state index in [9.17, 15) is 9.90 Å². The third-order valence-corrected chi connectivity index (χ3v) is 9.01. The monoisotopic (exact) mass is 432 g/mol. The van der Waals surface area contributed by atoms with Crippen LogP contribution < -0.4 is 0 Å². The Morgan fingerprint density at radius 3 is 2.74 bits per heavy atom. The van der Waals surface area contributed by atoms with Gasteiger partial charge in [0.25, 0.3) is 0 Å². The standard InChI is InChI=1S/C25H36O6/c1-4-8-23-16-19(31-21(23)26)20-18(25(23,27)11-12-28-5-2)7-6-17-15-24(29-13-14-30-24)10-9-22(17,20)3/h6,11-12,18-20,27H,4-5,7-10,13-16H2,1-3H3/b12-11+. The summed E-state index contributed by atoms with van der Waals surface area (Å²) in [6.45, 7) is 8.11. The van der Waals surface area contributed by atoms with Gasteiger partial charge < -0.3 is 24.1 Å². The van der Waals surface area contributed by atoms with Crippen molar-refractivity contribution < 1.29 is 28.8 Å². The van der Waals surface area contributed by atoms with Crippen molar-refractivity contribution in [2.75, 3.05) is 19.8 Å². The molecule has 2 saturated heterocycles. The van der Waals surface area contributed by atoms with Crippen molar-refractivity contribution in [3.63, 3.8) is 0 Å². The number of carbonyl (C=O) groups is 1. The van der Waals surface area contributed by atoms with Gasteiger partial charge in [0.1, 0.15) is 17.1 Å². The zero-order chi connectivity index (χ0) is 21.9. The predicted molar refractivity (Wildman–Crippen MR) is 114 cm³/mol. The molecule has 0 aromatic heterocycles. The summed E-state index contributed by atoms with van der Waals surface area (Å²) in [6.07, 6.45) is 10.7. The molecule has 0 amide bonds. The van der Waals surface area contributed by atoms with E-state index in [0.717, 1.165) is 32.1 Å². The lowest BCUT2D eigenvalue weighted by Gasteiger charge is -2.60. The smallest absolute Gasteiger partial charge is 0.315 e. The van der Waals surface area contributed by atoms with Gasteiger partial charge in [0.15, 0.2) is 5.79 Å². The Hall–Kier alpha value is -1.37. The zero-order valence-corrected chi connectivity index (χ0v) is 19.0. The van der Waals surface area contributed by atoms with Gasteiger partial charge in [-0.1, -0.05) is 31.9 Å². The lowest BCUT2D eigenvalue weighted by atomic mass is 9.45. The minimum atomic E-state index is -1.28. The molecule has 3 aliphatic carbocycles. The van der Waals surface area contributed by atoms with E-state index >= 15 is 0 Å². The van der Waals surface area contributed by atoms with E-state index in [2.05, 4.69) is 19.9 Å². The minimum absolute atomic E-state index is 0.0685. The fourth-order valence-electron chi connectivity index (χ4n) is 7.57. The number of hydrogen-bond donors (Lipinski definition) is 1. The first-order valence-corrected chi connectivity index (χ1v) is 12.0. The van der Waals surface area contributed by atoms with Crippen LogP contribution in [-0.2, 0) is 23.7 Å². The molecule has 0 aromatic carbocycles. The van der Waals surface area contributed by atoms with Crippen LogP contribution in [0.2, 0.25) is 0 Å². The van der Waals surface area contributed by atoms with Gasteiger partial charge in [-0.25, -0.2) is 0 Å². The molecule has 2 saturated carbocycles. The molecule has 0 radical (unpaired) electrons. The van der Waals surface area contributed by atoms with Crippen LogP contribution >= 0.6 is 0 Å². The summed E-state index contributed by atoms with van der Waals surface area (Å²) in [5, 5.41) is 12.3. The molecule has 2 bridgehead atoms. The lowest BCUT2D eigenvalue weighted by molar-refractivity contribution is -0.197. The molecule has 0 aromatic rings. The van der Waals surface area contributed by atoms with Gasteiger partial charge in [0, 0.05) is 31.1 Å². The van der Waals surface area contributed by atoms with E-state index in [-0.39, 0.29) is 29.3 Å². The van der Waals surface area contributed by atoms with Gasteiger partial charge >= 0.3 is 5.97 Å². The minimum Gasteiger partial charge on any atom is -0.502 e. The summed E-state index contributed by atoms with van der Waals surface area (Å²) >= 11 is 0. The Bertz CT molecular complexity index is 798. The second kappa shape index (κ2) is 7.32. The van der Waals surface area contributed by atoms with Crippen LogP contribution in [0.1, 0.15) is 65.7 Å². The number of carbonyl (C=O) groups excluding carboxylic acids is 1. The van der Waals surface area contributed by atoms with Crippen molar-refractivity contribution in [1.82, 2.24) is 0 Å². The Kier molecular flexibility index (Phi) is 5.07. The van der Waals surface area contributed by atoms with E-state index in [1.807, 2.05) is 6.92 Å². The number of esters is 1. The van der Waals surface area contributed by atoms with E-state index in [4.69, 9.17) is 18.9 Å². The topological polar surface area (TPSA) is 74.2 Å². The molecule has 2 aliphatic heterocycles. The molecular formula is C25H36O6. The van der Waals surface area contributed by atoms with Crippen molar-refractivity contribution in [2.45, 2.75) is 83.2 Å². The lowest BCUT2D eigenvalue weighted by Crippen LogP contribution is -2.64. The zero-order valence-electron chi connectivity index (χ0n) is 19.0. The van der Waals surface area contributed by atoms with Gasteiger partial charge in [-0.2, -0.15) is 0 Å². The third-order valence-electron chi connectivity index (χ3n) is 9.01. The fraction of sp³-hybridized carbons (Fsp3) is 0.800. The highest BCUT2D eigenvalue weighted by atomic mass is 16.7. The fourth-order valence-corrected chi connectivity index (χ4v) is 7.57. The maximum atomic E-state index is 13.3. The molecule has 6 atom stereocenters. The molecule has 2 heterocycles. The molecule has 5 aliphatic rings. The third kappa shape index (κ3) is 2.83. The van der Waals surface area contributed by atoms with Crippen LogP contribution in [0.3, 0.4) is 0 Å². The second-order valence-corrected chi connectivity index (χ2v) is 10.4. The number of allylic oxidation sites excluding steroid dienone is 1. The van der Waals surface area contributed by atoms with Crippen LogP contribution in [-0.4, -0.2) is 48.4 Å². The van der Waals surface area contributed by atoms with E-state index in [1.54, 1.807) is 12.3 Å². The molecule has 6 unspecified atom stereocenters. The van der Waals surface area contributed by atoms with Gasteiger partial charge in [-0.05, 0) is 37.7 Å². The summed E-state index contributed by atoms with van der Waals surface area (Å²) in [7, 11) is 0. The molecule has 5 rings (SSSR count). The van der Waals surface area contributed by atoms with E-state index in [0.29, 0.717) is 32.7 Å². The first kappa shape index (κ1) is 21.5. The van der Waals surface area contributed by atoms with Crippen LogP contribution in [0, 0.1) is 22.7 Å². The molecular weight excluding hydrogens is 396 g/mol. The Labute approximate surface area is 184 Å². The highest BCUT2D eigenvalue weighted by molar-refractivity contribution is 5.82. The number of rotatable bonds is 5. The second-order valence-electron chi connectivity index (χ2n) is 10.4. The highest BCUT2D eigenvalue weighted by Gasteiger charge is 2.73. The van der Waals surface area contributed by atoms with Gasteiger partial charge in [-0.15, -0.1) is 0 Å². The molecule has 6 nitrogen and oxygen atoms in total.